The molecule has 1 aromatic heterocycles. The molecule has 0 atom stereocenters. The molecule has 2 nitrogen and oxygen atoms in total. The number of hydrogen-bond acceptors (Lipinski definition) is 3. The third kappa shape index (κ3) is 1.20. The quantitative estimate of drug-likeness (QED) is 0.431. The Morgan fingerprint density at radius 1 is 0.824 bits per heavy atom. The van der Waals surface area contributed by atoms with Crippen molar-refractivity contribution in [3.8, 4) is 0 Å². The van der Waals surface area contributed by atoms with Crippen LogP contribution in [0.5, 0.6) is 0 Å². The highest BCUT2D eigenvalue weighted by Crippen LogP contribution is 2.31. The molecule has 4 rings (SSSR count). The van der Waals surface area contributed by atoms with Gasteiger partial charge in [-0.1, -0.05) is 47.0 Å². The maximum absolute atomic E-state index is 4.27. The molecule has 0 N–H and O–H groups in total. The summed E-state index contributed by atoms with van der Waals surface area (Å²) in [7, 11) is 0. The first-order valence-corrected chi connectivity index (χ1v) is 6.23. The molecule has 3 heteroatoms. The van der Waals surface area contributed by atoms with Crippen LogP contribution in [0.25, 0.3) is 31.8 Å². The van der Waals surface area contributed by atoms with Gasteiger partial charge in [0.1, 0.15) is 5.52 Å². The topological polar surface area (TPSA) is 25.8 Å². The molecule has 0 aliphatic rings. The molecule has 0 amide bonds. The third-order valence-corrected chi connectivity index (χ3v) is 3.82. The fourth-order valence-electron chi connectivity index (χ4n) is 2.34. The second kappa shape index (κ2) is 3.25. The van der Waals surface area contributed by atoms with E-state index in [0.717, 1.165) is 10.2 Å². The summed E-state index contributed by atoms with van der Waals surface area (Å²) in [4.78, 5) is 0. The van der Waals surface area contributed by atoms with Crippen molar-refractivity contribution in [1.29, 1.82) is 0 Å². The van der Waals surface area contributed by atoms with Crippen LogP contribution < -0.4 is 0 Å². The van der Waals surface area contributed by atoms with Crippen LogP contribution in [0.15, 0.2) is 48.5 Å². The van der Waals surface area contributed by atoms with Crippen LogP contribution >= 0.6 is 11.5 Å². The van der Waals surface area contributed by atoms with E-state index in [2.05, 4.69) is 58.1 Å². The zero-order chi connectivity index (χ0) is 11.2. The number of nitrogens with zero attached hydrogens (tertiary/aromatic N) is 2. The van der Waals surface area contributed by atoms with Crippen LogP contribution in [0.4, 0.5) is 0 Å². The van der Waals surface area contributed by atoms with E-state index in [1.807, 2.05) is 0 Å². The van der Waals surface area contributed by atoms with Gasteiger partial charge < -0.3 is 0 Å². The van der Waals surface area contributed by atoms with Gasteiger partial charge >= 0.3 is 0 Å². The highest BCUT2D eigenvalue weighted by Gasteiger charge is 2.07. The lowest BCUT2D eigenvalue weighted by molar-refractivity contribution is 1.20. The minimum Gasteiger partial charge on any atom is -0.137 e. The Hall–Kier alpha value is -2.00. The Morgan fingerprint density at radius 3 is 2.65 bits per heavy atom. The predicted octanol–water partition coefficient (Wildman–Crippen LogP) is 4.00. The van der Waals surface area contributed by atoms with Crippen molar-refractivity contribution in [3.63, 3.8) is 0 Å². The number of hydrogen-bond donors (Lipinski definition) is 0. The first-order valence-electron chi connectivity index (χ1n) is 5.46. The van der Waals surface area contributed by atoms with Crippen molar-refractivity contribution in [2.24, 2.45) is 0 Å². The Morgan fingerprint density at radius 2 is 1.65 bits per heavy atom. The third-order valence-electron chi connectivity index (χ3n) is 3.13. The van der Waals surface area contributed by atoms with Crippen molar-refractivity contribution in [2.45, 2.75) is 0 Å². The van der Waals surface area contributed by atoms with E-state index in [1.165, 1.54) is 33.1 Å². The number of aromatic nitrogens is 2. The summed E-state index contributed by atoms with van der Waals surface area (Å²) in [5.41, 5.74) is 1.02. The van der Waals surface area contributed by atoms with E-state index in [-0.39, 0.29) is 0 Å². The van der Waals surface area contributed by atoms with Gasteiger partial charge in [0.25, 0.3) is 0 Å². The Kier molecular flexibility index (Phi) is 1.73. The average Bonchev–Trinajstić information content (AvgIpc) is 2.86. The van der Waals surface area contributed by atoms with Gasteiger partial charge in [-0.15, -0.1) is 5.10 Å². The largest absolute Gasteiger partial charge is 0.137 e. The molecule has 0 unspecified atom stereocenters. The lowest BCUT2D eigenvalue weighted by Gasteiger charge is -2.03. The maximum Gasteiger partial charge on any atom is 0.114 e. The first-order chi connectivity index (χ1) is 8.43. The van der Waals surface area contributed by atoms with Gasteiger partial charge in [-0.3, -0.25) is 0 Å². The predicted molar refractivity (Wildman–Crippen MR) is 72.4 cm³/mol. The van der Waals surface area contributed by atoms with E-state index >= 15 is 0 Å². The summed E-state index contributed by atoms with van der Waals surface area (Å²) in [6.45, 7) is 0. The fourth-order valence-corrected chi connectivity index (χ4v) is 2.91. The zero-order valence-electron chi connectivity index (χ0n) is 8.92. The standard InChI is InChI=1S/C14H8N2S/c1-2-4-11-9(3-1)5-6-10-7-8-12-14(13(10)11)15-16-17-12/h1-8H. The van der Waals surface area contributed by atoms with Gasteiger partial charge in [-0.25, -0.2) is 0 Å². The molecule has 17 heavy (non-hydrogen) atoms. The summed E-state index contributed by atoms with van der Waals surface area (Å²) in [6.07, 6.45) is 0. The minimum absolute atomic E-state index is 1.02. The smallest absolute Gasteiger partial charge is 0.114 e. The molecule has 3 aromatic carbocycles. The van der Waals surface area contributed by atoms with Gasteiger partial charge in [0.05, 0.1) is 4.70 Å². The van der Waals surface area contributed by atoms with E-state index in [9.17, 15) is 0 Å². The van der Waals surface area contributed by atoms with Gasteiger partial charge in [0.2, 0.25) is 0 Å². The van der Waals surface area contributed by atoms with Crippen LogP contribution in [-0.4, -0.2) is 9.59 Å². The molecule has 0 spiro atoms. The van der Waals surface area contributed by atoms with E-state index in [4.69, 9.17) is 0 Å². The maximum atomic E-state index is 4.27. The Balaban J connectivity index is 2.41. The molecular formula is C14H8N2S. The van der Waals surface area contributed by atoms with E-state index < -0.39 is 0 Å². The molecule has 0 aliphatic carbocycles. The van der Waals surface area contributed by atoms with Crippen molar-refractivity contribution < 1.29 is 0 Å². The van der Waals surface area contributed by atoms with Crippen molar-refractivity contribution in [2.75, 3.05) is 0 Å². The van der Waals surface area contributed by atoms with Crippen LogP contribution in [0, 0.1) is 0 Å². The molecular weight excluding hydrogens is 228 g/mol. The second-order valence-corrected chi connectivity index (χ2v) is 4.86. The summed E-state index contributed by atoms with van der Waals surface area (Å²) in [5.74, 6) is 0. The van der Waals surface area contributed by atoms with Gasteiger partial charge in [-0.05, 0) is 33.8 Å². The lowest BCUT2D eigenvalue weighted by atomic mass is 10.0. The molecule has 0 saturated carbocycles. The summed E-state index contributed by atoms with van der Waals surface area (Å²) in [5, 5.41) is 9.21. The normalized spacial score (nSPS) is 11.5. The second-order valence-electron chi connectivity index (χ2n) is 4.07. The summed E-state index contributed by atoms with van der Waals surface area (Å²) in [6, 6.07) is 17.0. The molecule has 0 fully saturated rings. The average molecular weight is 236 g/mol. The molecule has 0 aliphatic heterocycles. The SMILES string of the molecule is c1ccc2c(c1)ccc1ccc3snnc3c12. The zero-order valence-corrected chi connectivity index (χ0v) is 9.74. The molecule has 1 heterocycles. The van der Waals surface area contributed by atoms with Crippen LogP contribution in [0.3, 0.4) is 0 Å². The number of fused-ring (bicyclic) bond motifs is 5. The van der Waals surface area contributed by atoms with Crippen LogP contribution in [0.2, 0.25) is 0 Å². The van der Waals surface area contributed by atoms with Crippen molar-refractivity contribution in [3.05, 3.63) is 48.5 Å². The summed E-state index contributed by atoms with van der Waals surface area (Å²) >= 11 is 1.45. The molecule has 4 aromatic rings. The summed E-state index contributed by atoms with van der Waals surface area (Å²) < 4.78 is 5.20. The highest BCUT2D eigenvalue weighted by molar-refractivity contribution is 7.13. The number of benzene rings is 3. The molecule has 0 radical (unpaired) electrons. The van der Waals surface area contributed by atoms with E-state index in [0.29, 0.717) is 0 Å². The van der Waals surface area contributed by atoms with E-state index in [1.54, 1.807) is 0 Å². The monoisotopic (exact) mass is 236 g/mol. The molecule has 0 bridgehead atoms. The highest BCUT2D eigenvalue weighted by atomic mass is 32.1. The Labute approximate surface area is 102 Å². The fraction of sp³-hybridized carbons (Fsp3) is 0. The van der Waals surface area contributed by atoms with Crippen LogP contribution in [-0.2, 0) is 0 Å². The Bertz CT molecular complexity index is 848. The van der Waals surface area contributed by atoms with Crippen molar-refractivity contribution in [1.82, 2.24) is 9.59 Å². The van der Waals surface area contributed by atoms with Gasteiger partial charge in [0, 0.05) is 5.39 Å². The van der Waals surface area contributed by atoms with Crippen LogP contribution in [0.1, 0.15) is 0 Å². The van der Waals surface area contributed by atoms with Gasteiger partial charge in [-0.2, -0.15) is 0 Å². The minimum atomic E-state index is 1.02. The first kappa shape index (κ1) is 9.07. The molecule has 80 valence electrons. The number of rotatable bonds is 0. The van der Waals surface area contributed by atoms with Gasteiger partial charge in [0.15, 0.2) is 0 Å². The molecule has 0 saturated heterocycles. The lowest BCUT2D eigenvalue weighted by Crippen LogP contribution is -1.79. The van der Waals surface area contributed by atoms with Crippen molar-refractivity contribution >= 4 is 43.3 Å².